The third kappa shape index (κ3) is 5.88. The van der Waals surface area contributed by atoms with E-state index >= 15 is 0 Å². The standard InChI is InChI=1S/C24H27F3N2O/c1-18(2)16-20-8-6-19(7-9-20)10-11-23(30)29-14-12-28(13-15-29)22-5-3-4-21(17-22)24(25,26)27/h3-11,17-18H,12-16H2,1-2H3. The van der Waals surface area contributed by atoms with Crippen LogP contribution in [0.4, 0.5) is 18.9 Å². The van der Waals surface area contributed by atoms with Crippen LogP contribution in [0.1, 0.15) is 30.5 Å². The van der Waals surface area contributed by atoms with Crippen LogP contribution >= 0.6 is 0 Å². The number of carbonyl (C=O) groups excluding carboxylic acids is 1. The van der Waals surface area contributed by atoms with Gasteiger partial charge >= 0.3 is 6.18 Å². The molecular formula is C24H27F3N2O. The molecular weight excluding hydrogens is 389 g/mol. The summed E-state index contributed by atoms with van der Waals surface area (Å²) >= 11 is 0. The van der Waals surface area contributed by atoms with Crippen molar-refractivity contribution in [1.82, 2.24) is 4.90 Å². The number of anilines is 1. The van der Waals surface area contributed by atoms with Crippen LogP contribution in [0.15, 0.2) is 54.6 Å². The fraction of sp³-hybridized carbons (Fsp3) is 0.375. The molecule has 3 rings (SSSR count). The zero-order chi connectivity index (χ0) is 21.7. The summed E-state index contributed by atoms with van der Waals surface area (Å²) in [6, 6.07) is 13.5. The molecule has 6 heteroatoms. The lowest BCUT2D eigenvalue weighted by atomic mass is 10.0. The van der Waals surface area contributed by atoms with Gasteiger partial charge in [-0.15, -0.1) is 0 Å². The molecule has 0 spiro atoms. The van der Waals surface area contributed by atoms with Gasteiger partial charge < -0.3 is 9.80 Å². The Morgan fingerprint density at radius 2 is 1.70 bits per heavy atom. The van der Waals surface area contributed by atoms with E-state index in [9.17, 15) is 18.0 Å². The number of alkyl halides is 3. The highest BCUT2D eigenvalue weighted by Crippen LogP contribution is 2.31. The lowest BCUT2D eigenvalue weighted by molar-refractivity contribution is -0.137. The Hall–Kier alpha value is -2.76. The fourth-order valence-corrected chi connectivity index (χ4v) is 3.57. The second kappa shape index (κ2) is 9.37. The minimum absolute atomic E-state index is 0.0788. The van der Waals surface area contributed by atoms with Gasteiger partial charge in [0.25, 0.3) is 0 Å². The molecule has 0 radical (unpaired) electrons. The predicted octanol–water partition coefficient (Wildman–Crippen LogP) is 5.27. The van der Waals surface area contributed by atoms with Crippen LogP contribution in [0.2, 0.25) is 0 Å². The molecule has 160 valence electrons. The smallest absolute Gasteiger partial charge is 0.368 e. The van der Waals surface area contributed by atoms with Crippen molar-refractivity contribution >= 4 is 17.7 Å². The highest BCUT2D eigenvalue weighted by Gasteiger charge is 2.31. The number of amides is 1. The Morgan fingerprint density at radius 3 is 2.30 bits per heavy atom. The molecule has 0 unspecified atom stereocenters. The number of rotatable bonds is 5. The average molecular weight is 416 g/mol. The van der Waals surface area contributed by atoms with Gasteiger partial charge in [-0.3, -0.25) is 4.79 Å². The van der Waals surface area contributed by atoms with Crippen LogP contribution in [0, 0.1) is 5.92 Å². The van der Waals surface area contributed by atoms with Gasteiger partial charge in [0.1, 0.15) is 0 Å². The Kier molecular flexibility index (Phi) is 6.85. The Balaban J connectivity index is 1.55. The van der Waals surface area contributed by atoms with Gasteiger partial charge in [-0.05, 0) is 47.7 Å². The molecule has 0 bridgehead atoms. The van der Waals surface area contributed by atoms with E-state index in [2.05, 4.69) is 26.0 Å². The molecule has 1 amide bonds. The van der Waals surface area contributed by atoms with Crippen molar-refractivity contribution in [3.8, 4) is 0 Å². The average Bonchev–Trinajstić information content (AvgIpc) is 2.72. The van der Waals surface area contributed by atoms with E-state index in [1.54, 1.807) is 23.1 Å². The van der Waals surface area contributed by atoms with Crippen molar-refractivity contribution in [2.45, 2.75) is 26.4 Å². The number of carbonyl (C=O) groups is 1. The second-order valence-electron chi connectivity index (χ2n) is 8.03. The highest BCUT2D eigenvalue weighted by atomic mass is 19.4. The molecule has 1 aliphatic rings. The lowest BCUT2D eigenvalue weighted by Crippen LogP contribution is -2.48. The van der Waals surface area contributed by atoms with E-state index in [-0.39, 0.29) is 5.91 Å². The van der Waals surface area contributed by atoms with E-state index in [0.717, 1.165) is 18.1 Å². The van der Waals surface area contributed by atoms with Gasteiger partial charge in [0.15, 0.2) is 0 Å². The summed E-state index contributed by atoms with van der Waals surface area (Å²) in [5, 5.41) is 0. The molecule has 1 saturated heterocycles. The Labute approximate surface area is 175 Å². The minimum Gasteiger partial charge on any atom is -0.368 e. The van der Waals surface area contributed by atoms with E-state index < -0.39 is 11.7 Å². The van der Waals surface area contributed by atoms with E-state index in [0.29, 0.717) is 37.8 Å². The molecule has 30 heavy (non-hydrogen) atoms. The summed E-state index contributed by atoms with van der Waals surface area (Å²) in [7, 11) is 0. The number of piperazine rings is 1. The molecule has 0 aromatic heterocycles. The molecule has 0 aliphatic carbocycles. The number of hydrogen-bond acceptors (Lipinski definition) is 2. The molecule has 0 saturated carbocycles. The first-order chi connectivity index (χ1) is 14.2. The second-order valence-corrected chi connectivity index (χ2v) is 8.03. The molecule has 0 N–H and O–H groups in total. The van der Waals surface area contributed by atoms with Crippen LogP contribution in [0.5, 0.6) is 0 Å². The summed E-state index contributed by atoms with van der Waals surface area (Å²) in [5.41, 5.74) is 2.13. The summed E-state index contributed by atoms with van der Waals surface area (Å²) in [6.45, 7) is 6.33. The lowest BCUT2D eigenvalue weighted by Gasteiger charge is -2.35. The fourth-order valence-electron chi connectivity index (χ4n) is 3.57. The van der Waals surface area contributed by atoms with E-state index in [1.807, 2.05) is 17.0 Å². The SMILES string of the molecule is CC(C)Cc1ccc(C=CC(=O)N2CCN(c3cccc(C(F)(F)F)c3)CC2)cc1. The number of nitrogens with zero attached hydrogens (tertiary/aromatic N) is 2. The van der Waals surface area contributed by atoms with Crippen LogP contribution in [-0.2, 0) is 17.4 Å². The molecule has 3 nitrogen and oxygen atoms in total. The van der Waals surface area contributed by atoms with Crippen molar-refractivity contribution in [3.63, 3.8) is 0 Å². The van der Waals surface area contributed by atoms with Crippen LogP contribution in [0.3, 0.4) is 0 Å². The largest absolute Gasteiger partial charge is 0.416 e. The number of halogens is 3. The van der Waals surface area contributed by atoms with Crippen molar-refractivity contribution in [2.24, 2.45) is 5.92 Å². The van der Waals surface area contributed by atoms with Crippen molar-refractivity contribution < 1.29 is 18.0 Å². The topological polar surface area (TPSA) is 23.6 Å². The molecule has 1 heterocycles. The first-order valence-corrected chi connectivity index (χ1v) is 10.2. The molecule has 0 atom stereocenters. The molecule has 2 aromatic rings. The van der Waals surface area contributed by atoms with Crippen LogP contribution in [-0.4, -0.2) is 37.0 Å². The number of benzene rings is 2. The highest BCUT2D eigenvalue weighted by molar-refractivity contribution is 5.92. The van der Waals surface area contributed by atoms with Gasteiger partial charge in [0.2, 0.25) is 5.91 Å². The van der Waals surface area contributed by atoms with Gasteiger partial charge in [-0.2, -0.15) is 13.2 Å². The summed E-state index contributed by atoms with van der Waals surface area (Å²) in [6.07, 6.45) is 0.0444. The van der Waals surface area contributed by atoms with E-state index in [4.69, 9.17) is 0 Å². The third-order valence-corrected chi connectivity index (χ3v) is 5.17. The van der Waals surface area contributed by atoms with Gasteiger partial charge in [-0.1, -0.05) is 44.2 Å². The summed E-state index contributed by atoms with van der Waals surface area (Å²) in [4.78, 5) is 16.1. The van der Waals surface area contributed by atoms with Gasteiger partial charge in [0, 0.05) is 37.9 Å². The monoisotopic (exact) mass is 416 g/mol. The molecule has 1 aliphatic heterocycles. The first-order valence-electron chi connectivity index (χ1n) is 10.2. The predicted molar refractivity (Wildman–Crippen MR) is 114 cm³/mol. The summed E-state index contributed by atoms with van der Waals surface area (Å²) < 4.78 is 38.8. The van der Waals surface area contributed by atoms with Crippen molar-refractivity contribution in [1.29, 1.82) is 0 Å². The Morgan fingerprint density at radius 1 is 1.03 bits per heavy atom. The van der Waals surface area contributed by atoms with Crippen molar-refractivity contribution in [3.05, 3.63) is 71.3 Å². The maximum Gasteiger partial charge on any atom is 0.416 e. The molecule has 1 fully saturated rings. The number of hydrogen-bond donors (Lipinski definition) is 0. The Bertz CT molecular complexity index is 880. The van der Waals surface area contributed by atoms with Gasteiger partial charge in [0.05, 0.1) is 5.56 Å². The first kappa shape index (κ1) is 21.9. The molecule has 2 aromatic carbocycles. The maximum absolute atomic E-state index is 12.9. The zero-order valence-electron chi connectivity index (χ0n) is 17.3. The third-order valence-electron chi connectivity index (χ3n) is 5.17. The van der Waals surface area contributed by atoms with Crippen molar-refractivity contribution in [2.75, 3.05) is 31.1 Å². The quantitative estimate of drug-likeness (QED) is 0.621. The van der Waals surface area contributed by atoms with Crippen LogP contribution in [0.25, 0.3) is 6.08 Å². The minimum atomic E-state index is -4.36. The van der Waals surface area contributed by atoms with Crippen LogP contribution < -0.4 is 4.90 Å². The zero-order valence-corrected chi connectivity index (χ0v) is 17.3. The van der Waals surface area contributed by atoms with Gasteiger partial charge in [-0.25, -0.2) is 0 Å². The normalized spacial score (nSPS) is 15.3. The summed E-state index contributed by atoms with van der Waals surface area (Å²) in [5.74, 6) is 0.521. The maximum atomic E-state index is 12.9. The van der Waals surface area contributed by atoms with E-state index in [1.165, 1.54) is 17.7 Å².